The molecule has 0 atom stereocenters. The Kier molecular flexibility index (Phi) is 3.35. The largest absolute Gasteiger partial charge is 0.370 e. The number of nitrogens with zero attached hydrogens (tertiary/aromatic N) is 1. The van der Waals surface area contributed by atoms with Crippen LogP contribution >= 0.6 is 15.9 Å². The van der Waals surface area contributed by atoms with E-state index in [0.29, 0.717) is 0 Å². The third kappa shape index (κ3) is 2.36. The topological polar surface area (TPSA) is 3.24 Å². The molecule has 1 aliphatic heterocycles. The van der Waals surface area contributed by atoms with Crippen LogP contribution in [0.15, 0.2) is 22.7 Å². The average Bonchev–Trinajstić information content (AvgIpc) is 2.12. The third-order valence-electron chi connectivity index (χ3n) is 3.10. The molecule has 1 aromatic rings. The van der Waals surface area contributed by atoms with E-state index in [0.717, 1.165) is 5.92 Å². The average molecular weight is 268 g/mol. The van der Waals surface area contributed by atoms with Crippen molar-refractivity contribution in [2.24, 2.45) is 5.92 Å². The van der Waals surface area contributed by atoms with E-state index in [1.165, 1.54) is 41.7 Å². The summed E-state index contributed by atoms with van der Waals surface area (Å²) in [5.41, 5.74) is 2.67. The molecule has 1 aliphatic rings. The van der Waals surface area contributed by atoms with E-state index in [2.05, 4.69) is 52.9 Å². The SMILES string of the molecule is CCCC1CN(c2ccc(C)cc2Br)C1. The minimum Gasteiger partial charge on any atom is -0.370 e. The molecular formula is C13H18BrN. The van der Waals surface area contributed by atoms with Crippen molar-refractivity contribution >= 4 is 21.6 Å². The maximum atomic E-state index is 3.64. The second-order valence-corrected chi connectivity index (χ2v) is 5.37. The fraction of sp³-hybridized carbons (Fsp3) is 0.538. The highest BCUT2D eigenvalue weighted by Gasteiger charge is 2.26. The zero-order valence-electron chi connectivity index (χ0n) is 9.46. The van der Waals surface area contributed by atoms with Crippen molar-refractivity contribution in [1.29, 1.82) is 0 Å². The maximum absolute atomic E-state index is 3.64. The molecule has 1 nitrogen and oxygen atoms in total. The van der Waals surface area contributed by atoms with E-state index in [1.807, 2.05) is 0 Å². The molecule has 15 heavy (non-hydrogen) atoms. The summed E-state index contributed by atoms with van der Waals surface area (Å²) in [6.45, 7) is 6.86. The Labute approximate surface area is 101 Å². The predicted molar refractivity (Wildman–Crippen MR) is 69.5 cm³/mol. The van der Waals surface area contributed by atoms with Gasteiger partial charge in [0.05, 0.1) is 5.69 Å². The molecule has 0 unspecified atom stereocenters. The number of anilines is 1. The number of hydrogen-bond donors (Lipinski definition) is 0. The van der Waals surface area contributed by atoms with Gasteiger partial charge in [0.1, 0.15) is 0 Å². The van der Waals surface area contributed by atoms with E-state index in [1.54, 1.807) is 0 Å². The van der Waals surface area contributed by atoms with Crippen molar-refractivity contribution < 1.29 is 0 Å². The maximum Gasteiger partial charge on any atom is 0.0511 e. The minimum atomic E-state index is 0.920. The van der Waals surface area contributed by atoms with Crippen LogP contribution < -0.4 is 4.90 Å². The van der Waals surface area contributed by atoms with Crippen LogP contribution in [0.3, 0.4) is 0 Å². The van der Waals surface area contributed by atoms with Gasteiger partial charge in [0.25, 0.3) is 0 Å². The Morgan fingerprint density at radius 1 is 1.40 bits per heavy atom. The number of rotatable bonds is 3. The molecule has 1 fully saturated rings. The Hall–Kier alpha value is -0.500. The molecule has 1 heterocycles. The van der Waals surface area contributed by atoms with Crippen molar-refractivity contribution in [3.05, 3.63) is 28.2 Å². The Morgan fingerprint density at radius 3 is 2.73 bits per heavy atom. The lowest BCUT2D eigenvalue weighted by molar-refractivity contribution is 0.380. The quantitative estimate of drug-likeness (QED) is 0.801. The first-order valence-electron chi connectivity index (χ1n) is 5.71. The van der Waals surface area contributed by atoms with Crippen molar-refractivity contribution in [3.63, 3.8) is 0 Å². The molecule has 0 N–H and O–H groups in total. The lowest BCUT2D eigenvalue weighted by atomic mass is 9.94. The smallest absolute Gasteiger partial charge is 0.0511 e. The van der Waals surface area contributed by atoms with Gasteiger partial charge in [-0.25, -0.2) is 0 Å². The summed E-state index contributed by atoms with van der Waals surface area (Å²) in [6, 6.07) is 6.61. The Bertz CT molecular complexity index is 342. The van der Waals surface area contributed by atoms with Gasteiger partial charge in [-0.05, 0) is 52.9 Å². The predicted octanol–water partition coefficient (Wildman–Crippen LogP) is 3.99. The van der Waals surface area contributed by atoms with Gasteiger partial charge in [-0.2, -0.15) is 0 Å². The summed E-state index contributed by atoms with van der Waals surface area (Å²) in [5, 5.41) is 0. The standard InChI is InChI=1S/C13H18BrN/c1-3-4-11-8-15(9-11)13-6-5-10(2)7-12(13)14/h5-7,11H,3-4,8-9H2,1-2H3. The van der Waals surface area contributed by atoms with Crippen LogP contribution in [0.25, 0.3) is 0 Å². The van der Waals surface area contributed by atoms with Crippen LogP contribution in [-0.2, 0) is 0 Å². The summed E-state index contributed by atoms with van der Waals surface area (Å²) in [6.07, 6.45) is 2.69. The van der Waals surface area contributed by atoms with Gasteiger partial charge >= 0.3 is 0 Å². The number of benzene rings is 1. The Morgan fingerprint density at radius 2 is 2.13 bits per heavy atom. The molecule has 1 aromatic carbocycles. The highest BCUT2D eigenvalue weighted by atomic mass is 79.9. The molecule has 0 spiro atoms. The van der Waals surface area contributed by atoms with Crippen LogP contribution in [0.2, 0.25) is 0 Å². The molecule has 0 saturated carbocycles. The molecule has 1 saturated heterocycles. The van der Waals surface area contributed by atoms with E-state index in [-0.39, 0.29) is 0 Å². The molecule has 0 radical (unpaired) electrons. The summed E-state index contributed by atoms with van der Waals surface area (Å²) < 4.78 is 1.23. The van der Waals surface area contributed by atoms with E-state index in [4.69, 9.17) is 0 Å². The normalized spacial score (nSPS) is 16.6. The van der Waals surface area contributed by atoms with Crippen LogP contribution in [0.1, 0.15) is 25.3 Å². The molecule has 2 heteroatoms. The molecule has 0 amide bonds. The summed E-state index contributed by atoms with van der Waals surface area (Å²) in [4.78, 5) is 2.46. The summed E-state index contributed by atoms with van der Waals surface area (Å²) in [5.74, 6) is 0.920. The van der Waals surface area contributed by atoms with Crippen LogP contribution in [0, 0.1) is 12.8 Å². The zero-order valence-corrected chi connectivity index (χ0v) is 11.0. The van der Waals surface area contributed by atoms with Gasteiger partial charge in [0.2, 0.25) is 0 Å². The first-order chi connectivity index (χ1) is 7.20. The first kappa shape index (κ1) is 11.0. The summed E-state index contributed by atoms with van der Waals surface area (Å²) in [7, 11) is 0. The van der Waals surface area contributed by atoms with Gasteiger partial charge in [0.15, 0.2) is 0 Å². The second kappa shape index (κ2) is 4.56. The zero-order chi connectivity index (χ0) is 10.8. The van der Waals surface area contributed by atoms with Crippen LogP contribution in [0.4, 0.5) is 5.69 Å². The number of aryl methyl sites for hydroxylation is 1. The van der Waals surface area contributed by atoms with Gasteiger partial charge in [-0.15, -0.1) is 0 Å². The van der Waals surface area contributed by atoms with Gasteiger partial charge in [-0.3, -0.25) is 0 Å². The molecule has 0 aromatic heterocycles. The Balaban J connectivity index is 2.01. The van der Waals surface area contributed by atoms with Crippen LogP contribution in [0.5, 0.6) is 0 Å². The lowest BCUT2D eigenvalue weighted by Crippen LogP contribution is -2.46. The van der Waals surface area contributed by atoms with E-state index < -0.39 is 0 Å². The third-order valence-corrected chi connectivity index (χ3v) is 3.73. The highest BCUT2D eigenvalue weighted by Crippen LogP contribution is 2.33. The van der Waals surface area contributed by atoms with Gasteiger partial charge < -0.3 is 4.90 Å². The van der Waals surface area contributed by atoms with Gasteiger partial charge in [-0.1, -0.05) is 19.4 Å². The first-order valence-corrected chi connectivity index (χ1v) is 6.51. The van der Waals surface area contributed by atoms with Crippen molar-refractivity contribution in [3.8, 4) is 0 Å². The molecular weight excluding hydrogens is 250 g/mol. The molecule has 82 valence electrons. The van der Waals surface area contributed by atoms with E-state index >= 15 is 0 Å². The molecule has 2 rings (SSSR count). The van der Waals surface area contributed by atoms with Crippen LogP contribution in [-0.4, -0.2) is 13.1 Å². The van der Waals surface area contributed by atoms with Crippen molar-refractivity contribution in [2.45, 2.75) is 26.7 Å². The lowest BCUT2D eigenvalue weighted by Gasteiger charge is -2.41. The summed E-state index contributed by atoms with van der Waals surface area (Å²) >= 11 is 3.64. The van der Waals surface area contributed by atoms with E-state index in [9.17, 15) is 0 Å². The fourth-order valence-corrected chi connectivity index (χ4v) is 2.97. The molecule has 0 aliphatic carbocycles. The second-order valence-electron chi connectivity index (χ2n) is 4.51. The van der Waals surface area contributed by atoms with Crippen molar-refractivity contribution in [1.82, 2.24) is 0 Å². The molecule has 0 bridgehead atoms. The highest BCUT2D eigenvalue weighted by molar-refractivity contribution is 9.10. The monoisotopic (exact) mass is 267 g/mol. The fourth-order valence-electron chi connectivity index (χ4n) is 2.23. The van der Waals surface area contributed by atoms with Crippen molar-refractivity contribution in [2.75, 3.05) is 18.0 Å². The minimum absolute atomic E-state index is 0.920. The number of halogens is 1. The number of hydrogen-bond acceptors (Lipinski definition) is 1. The van der Waals surface area contributed by atoms with Gasteiger partial charge in [0, 0.05) is 17.6 Å².